The van der Waals surface area contributed by atoms with Gasteiger partial charge in [0.05, 0.1) is 25.6 Å². The maximum Gasteiger partial charge on any atom is 0.289 e. The monoisotopic (exact) mass is 491 g/mol. The lowest BCUT2D eigenvalue weighted by atomic mass is 9.97. The van der Waals surface area contributed by atoms with E-state index >= 15 is 0 Å². The summed E-state index contributed by atoms with van der Waals surface area (Å²) in [4.78, 5) is 22.6. The lowest BCUT2D eigenvalue weighted by molar-refractivity contribution is -0.384. The molecule has 3 rings (SSSR count). The van der Waals surface area contributed by atoms with Gasteiger partial charge in [0.25, 0.3) is 5.69 Å². The predicted octanol–water partition coefficient (Wildman–Crippen LogP) is 4.59. The van der Waals surface area contributed by atoms with Crippen molar-refractivity contribution < 1.29 is 18.1 Å². The number of carbonyl (C=O) groups excluding carboxylic acids is 1. The van der Waals surface area contributed by atoms with Gasteiger partial charge >= 0.3 is 0 Å². The van der Waals surface area contributed by atoms with Crippen LogP contribution in [0.4, 0.5) is 11.4 Å². The van der Waals surface area contributed by atoms with Crippen molar-refractivity contribution in [3.63, 3.8) is 0 Å². The second kappa shape index (κ2) is 9.07. The van der Waals surface area contributed by atoms with Crippen LogP contribution in [0, 0.1) is 16.0 Å². The Balaban J connectivity index is 1.69. The first kappa shape index (κ1) is 22.8. The summed E-state index contributed by atoms with van der Waals surface area (Å²) in [5.41, 5.74) is -0.0944. The highest BCUT2D eigenvalue weighted by atomic mass is 35.5. The van der Waals surface area contributed by atoms with Gasteiger partial charge in [-0.3, -0.25) is 14.9 Å². The average molecular weight is 493 g/mol. The largest absolute Gasteiger partial charge is 0.324 e. The van der Waals surface area contributed by atoms with E-state index in [9.17, 15) is 23.3 Å². The highest BCUT2D eigenvalue weighted by Gasteiger charge is 2.33. The first-order valence-corrected chi connectivity index (χ1v) is 11.4. The van der Waals surface area contributed by atoms with E-state index in [1.807, 2.05) is 0 Å². The molecular formula is C18H16Cl3N3O5S. The number of nitro benzene ring substituents is 1. The van der Waals surface area contributed by atoms with Crippen molar-refractivity contribution in [3.05, 3.63) is 61.6 Å². The number of hydrogen-bond acceptors (Lipinski definition) is 5. The molecule has 0 aliphatic carbocycles. The number of benzene rings is 2. The topological polar surface area (TPSA) is 110 Å². The number of amides is 1. The van der Waals surface area contributed by atoms with E-state index in [1.54, 1.807) is 18.2 Å². The smallest absolute Gasteiger partial charge is 0.289 e. The summed E-state index contributed by atoms with van der Waals surface area (Å²) in [5.74, 6) is -0.690. The number of carbonyl (C=O) groups is 1. The zero-order valence-electron chi connectivity index (χ0n) is 15.3. The molecule has 30 heavy (non-hydrogen) atoms. The van der Waals surface area contributed by atoms with Crippen LogP contribution in [-0.4, -0.2) is 36.6 Å². The maximum atomic E-state index is 12.9. The van der Waals surface area contributed by atoms with Crippen molar-refractivity contribution in [2.75, 3.05) is 18.4 Å². The van der Waals surface area contributed by atoms with Gasteiger partial charge in [0.2, 0.25) is 15.9 Å². The molecular weight excluding hydrogens is 477 g/mol. The molecule has 0 atom stereocenters. The van der Waals surface area contributed by atoms with E-state index in [0.29, 0.717) is 23.6 Å². The van der Waals surface area contributed by atoms with Gasteiger partial charge in [-0.2, -0.15) is 4.31 Å². The maximum absolute atomic E-state index is 12.9. The molecule has 1 saturated heterocycles. The molecule has 1 aliphatic rings. The van der Waals surface area contributed by atoms with E-state index in [4.69, 9.17) is 34.8 Å². The van der Waals surface area contributed by atoms with Crippen LogP contribution in [0.5, 0.6) is 0 Å². The Morgan fingerprint density at radius 1 is 1.10 bits per heavy atom. The number of hydrogen-bond donors (Lipinski definition) is 1. The number of nitrogens with one attached hydrogen (secondary N) is 1. The second-order valence-corrected chi connectivity index (χ2v) is 9.77. The van der Waals surface area contributed by atoms with Crippen LogP contribution in [0.15, 0.2) is 41.3 Å². The van der Waals surface area contributed by atoms with Gasteiger partial charge in [-0.05, 0) is 37.1 Å². The first-order valence-electron chi connectivity index (χ1n) is 8.80. The summed E-state index contributed by atoms with van der Waals surface area (Å²) < 4.78 is 26.9. The van der Waals surface area contributed by atoms with Crippen molar-refractivity contribution >= 4 is 62.1 Å². The second-order valence-electron chi connectivity index (χ2n) is 6.64. The van der Waals surface area contributed by atoms with Crippen LogP contribution in [0.3, 0.4) is 0 Å². The fourth-order valence-electron chi connectivity index (χ4n) is 3.14. The molecule has 8 nitrogen and oxygen atoms in total. The SMILES string of the molecule is O=C(Nc1cccc(Cl)c1Cl)C1CCN(S(=O)(=O)c2ccc(Cl)c([N+](=O)[O-])c2)CC1. The normalized spacial score (nSPS) is 15.7. The molecule has 0 spiro atoms. The standard InChI is InChI=1S/C18H16Cl3N3O5S/c19-13-5-4-12(10-16(13)24(26)27)30(28,29)23-8-6-11(7-9-23)18(25)22-15-3-1-2-14(20)17(15)21/h1-5,10-11H,6-9H2,(H,22,25). The Morgan fingerprint density at radius 3 is 2.40 bits per heavy atom. The number of sulfonamides is 1. The summed E-state index contributed by atoms with van der Waals surface area (Å²) in [6.45, 7) is 0.195. The van der Waals surface area contributed by atoms with Crippen LogP contribution >= 0.6 is 34.8 Å². The number of piperidine rings is 1. The van der Waals surface area contributed by atoms with E-state index in [1.165, 1.54) is 16.4 Å². The van der Waals surface area contributed by atoms with Gasteiger partial charge in [-0.1, -0.05) is 40.9 Å². The molecule has 1 heterocycles. The van der Waals surface area contributed by atoms with Gasteiger partial charge in [0, 0.05) is 25.1 Å². The molecule has 2 aromatic rings. The minimum Gasteiger partial charge on any atom is -0.324 e. The van der Waals surface area contributed by atoms with Crippen molar-refractivity contribution in [1.82, 2.24) is 4.31 Å². The first-order chi connectivity index (χ1) is 14.1. The molecule has 0 saturated carbocycles. The zero-order chi connectivity index (χ0) is 22.1. The third-order valence-corrected chi connectivity index (χ3v) is 7.82. The van der Waals surface area contributed by atoms with Crippen LogP contribution in [0.2, 0.25) is 15.1 Å². The minimum absolute atomic E-state index is 0.0973. The van der Waals surface area contributed by atoms with Crippen molar-refractivity contribution in [2.45, 2.75) is 17.7 Å². The molecule has 2 aromatic carbocycles. The number of halogens is 3. The fourth-order valence-corrected chi connectivity index (χ4v) is 5.16. The molecule has 0 unspecified atom stereocenters. The van der Waals surface area contributed by atoms with Crippen molar-refractivity contribution in [2.24, 2.45) is 5.92 Å². The third kappa shape index (κ3) is 4.70. The van der Waals surface area contributed by atoms with Crippen LogP contribution in [0.1, 0.15) is 12.8 Å². The van der Waals surface area contributed by atoms with Crippen molar-refractivity contribution in [3.8, 4) is 0 Å². The summed E-state index contributed by atoms with van der Waals surface area (Å²) in [6, 6.07) is 8.23. The number of anilines is 1. The predicted molar refractivity (Wildman–Crippen MR) is 115 cm³/mol. The molecule has 0 bridgehead atoms. The summed E-state index contributed by atoms with van der Waals surface area (Å²) >= 11 is 17.8. The van der Waals surface area contributed by atoms with Crippen LogP contribution in [-0.2, 0) is 14.8 Å². The van der Waals surface area contributed by atoms with E-state index in [-0.39, 0.29) is 33.9 Å². The van der Waals surface area contributed by atoms with Gasteiger partial charge < -0.3 is 5.32 Å². The Hall–Kier alpha value is -1.91. The molecule has 160 valence electrons. The van der Waals surface area contributed by atoms with Crippen LogP contribution < -0.4 is 5.32 Å². The van der Waals surface area contributed by atoms with E-state index in [2.05, 4.69) is 5.32 Å². The Kier molecular flexibility index (Phi) is 6.88. The average Bonchev–Trinajstić information content (AvgIpc) is 2.71. The van der Waals surface area contributed by atoms with E-state index in [0.717, 1.165) is 6.07 Å². The minimum atomic E-state index is -3.96. The number of nitro groups is 1. The summed E-state index contributed by atoms with van der Waals surface area (Å²) in [7, 11) is -3.96. The fraction of sp³-hybridized carbons (Fsp3) is 0.278. The third-order valence-electron chi connectivity index (χ3n) is 4.79. The highest BCUT2D eigenvalue weighted by Crippen LogP contribution is 2.32. The van der Waals surface area contributed by atoms with Gasteiger partial charge in [0.1, 0.15) is 5.02 Å². The lowest BCUT2D eigenvalue weighted by Crippen LogP contribution is -2.41. The van der Waals surface area contributed by atoms with Gasteiger partial charge in [-0.15, -0.1) is 0 Å². The molecule has 1 N–H and O–H groups in total. The molecule has 1 aliphatic heterocycles. The summed E-state index contributed by atoms with van der Waals surface area (Å²) in [5, 5.41) is 14.2. The summed E-state index contributed by atoms with van der Waals surface area (Å²) in [6.07, 6.45) is 0.581. The van der Waals surface area contributed by atoms with Crippen LogP contribution in [0.25, 0.3) is 0 Å². The molecule has 0 radical (unpaired) electrons. The quantitative estimate of drug-likeness (QED) is 0.485. The van der Waals surface area contributed by atoms with Crippen molar-refractivity contribution in [1.29, 1.82) is 0 Å². The van der Waals surface area contributed by atoms with Gasteiger partial charge in [0.15, 0.2) is 0 Å². The molecule has 0 aromatic heterocycles. The Morgan fingerprint density at radius 2 is 1.77 bits per heavy atom. The molecule has 1 fully saturated rings. The molecule has 12 heteroatoms. The van der Waals surface area contributed by atoms with Gasteiger partial charge in [-0.25, -0.2) is 8.42 Å². The number of rotatable bonds is 5. The Bertz CT molecular complexity index is 1100. The Labute approximate surface area is 187 Å². The van der Waals surface area contributed by atoms with E-state index < -0.39 is 26.6 Å². The zero-order valence-corrected chi connectivity index (χ0v) is 18.4. The lowest BCUT2D eigenvalue weighted by Gasteiger charge is -2.30. The molecule has 1 amide bonds. The number of nitrogens with zero attached hydrogens (tertiary/aromatic N) is 2. The highest BCUT2D eigenvalue weighted by molar-refractivity contribution is 7.89.